The number of ether oxygens (including phenoxy) is 1. The van der Waals surface area contributed by atoms with Crippen molar-refractivity contribution in [3.8, 4) is 0 Å². The average molecular weight is 644 g/mol. The first-order valence-electron chi connectivity index (χ1n) is 15.3. The van der Waals surface area contributed by atoms with E-state index in [-0.39, 0.29) is 11.8 Å². The Morgan fingerprint density at radius 1 is 0.935 bits per heavy atom. The lowest BCUT2D eigenvalue weighted by Crippen LogP contribution is -2.28. The molecule has 0 aliphatic rings. The number of anilines is 1. The molecule has 0 aliphatic heterocycles. The van der Waals surface area contributed by atoms with Crippen molar-refractivity contribution in [3.63, 3.8) is 0 Å². The maximum absolute atomic E-state index is 12.9. The van der Waals surface area contributed by atoms with Gasteiger partial charge in [-0.05, 0) is 74.2 Å². The summed E-state index contributed by atoms with van der Waals surface area (Å²) in [6.45, 7) is 10.5. The molecule has 46 heavy (non-hydrogen) atoms. The van der Waals surface area contributed by atoms with E-state index in [0.29, 0.717) is 48.9 Å². The van der Waals surface area contributed by atoms with Crippen molar-refractivity contribution in [3.05, 3.63) is 117 Å². The molecule has 3 aromatic carbocycles. The zero-order valence-corrected chi connectivity index (χ0v) is 28.4. The minimum absolute atomic E-state index is 0.159. The first-order chi connectivity index (χ1) is 22.0. The van der Waals surface area contributed by atoms with Gasteiger partial charge in [0.25, 0.3) is 11.8 Å². The number of benzene rings is 3. The van der Waals surface area contributed by atoms with E-state index in [2.05, 4.69) is 59.9 Å². The Kier molecular flexibility index (Phi) is 14.4. The fraction of sp³-hybridized carbons (Fsp3) is 0.333. The third kappa shape index (κ3) is 12.1. The number of carbonyl (C=O) groups excluding carboxylic acids is 3. The Bertz CT molecular complexity index is 1570. The molecule has 0 unspecified atom stereocenters. The molecule has 4 rings (SSSR count). The first kappa shape index (κ1) is 35.9. The molecule has 3 amide bonds. The lowest BCUT2D eigenvalue weighted by Gasteiger charge is -2.16. The summed E-state index contributed by atoms with van der Waals surface area (Å²) in [6.07, 6.45) is 0.232. The van der Waals surface area contributed by atoms with Crippen LogP contribution < -0.4 is 16.0 Å². The number of nitrogens with zero attached hydrogens (tertiary/aromatic N) is 2. The van der Waals surface area contributed by atoms with Gasteiger partial charge in [-0.25, -0.2) is 9.78 Å². The summed E-state index contributed by atoms with van der Waals surface area (Å²) in [6, 6.07) is 23.0. The SMILES string of the molecule is COC(=O)Nc1cc(CNCCCNC(=O)c2cccc(C(=O)N(C)Cc3nc(C)cs3)c2)cc(C(C)C)c1.Cc1ccccc1. The minimum Gasteiger partial charge on any atom is -0.453 e. The van der Waals surface area contributed by atoms with E-state index in [0.717, 1.165) is 28.2 Å². The third-order valence-electron chi connectivity index (χ3n) is 6.96. The van der Waals surface area contributed by atoms with E-state index in [1.165, 1.54) is 24.0 Å². The third-order valence-corrected chi connectivity index (χ3v) is 7.91. The number of carbonyl (C=O) groups is 3. The number of thiazole rings is 1. The Balaban J connectivity index is 0.000000724. The topological polar surface area (TPSA) is 113 Å². The minimum atomic E-state index is -0.502. The number of hydrogen-bond donors (Lipinski definition) is 3. The number of rotatable bonds is 12. The highest BCUT2D eigenvalue weighted by Gasteiger charge is 2.16. The summed E-state index contributed by atoms with van der Waals surface area (Å²) < 4.78 is 4.70. The molecule has 1 heterocycles. The molecule has 244 valence electrons. The first-order valence-corrected chi connectivity index (χ1v) is 16.2. The highest BCUT2D eigenvalue weighted by atomic mass is 32.1. The van der Waals surface area contributed by atoms with Crippen LogP contribution in [0.25, 0.3) is 0 Å². The van der Waals surface area contributed by atoms with Gasteiger partial charge in [0.2, 0.25) is 0 Å². The summed E-state index contributed by atoms with van der Waals surface area (Å²) in [7, 11) is 3.07. The zero-order chi connectivity index (χ0) is 33.5. The quantitative estimate of drug-likeness (QED) is 0.144. The van der Waals surface area contributed by atoms with E-state index < -0.39 is 6.09 Å². The fourth-order valence-electron chi connectivity index (χ4n) is 4.44. The monoisotopic (exact) mass is 643 g/mol. The smallest absolute Gasteiger partial charge is 0.411 e. The number of aromatic nitrogens is 1. The fourth-order valence-corrected chi connectivity index (χ4v) is 5.27. The van der Waals surface area contributed by atoms with Crippen molar-refractivity contribution in [1.82, 2.24) is 20.5 Å². The predicted molar refractivity (Wildman–Crippen MR) is 185 cm³/mol. The van der Waals surface area contributed by atoms with Crippen LogP contribution in [0, 0.1) is 13.8 Å². The Labute approximate surface area is 276 Å². The normalized spacial score (nSPS) is 10.5. The van der Waals surface area contributed by atoms with Crippen molar-refractivity contribution in [1.29, 1.82) is 0 Å². The van der Waals surface area contributed by atoms with Crippen LogP contribution in [0.5, 0.6) is 0 Å². The maximum Gasteiger partial charge on any atom is 0.411 e. The standard InChI is InChI=1S/C29H37N5O4S.C7H8/c1-19(2)24-12-21(13-25(15-24)33-29(37)38-5)16-30-10-7-11-31-27(35)22-8-6-9-23(14-22)28(36)34(4)17-26-32-20(3)18-39-26;1-7-5-3-2-4-6-7/h6,8-9,12-15,18-19,30H,7,10-11,16-17H2,1-5H3,(H,31,35)(H,33,37);2-6H,1H3. The van der Waals surface area contributed by atoms with E-state index >= 15 is 0 Å². The lowest BCUT2D eigenvalue weighted by atomic mass is 9.99. The number of hydrogen-bond acceptors (Lipinski definition) is 7. The second-order valence-corrected chi connectivity index (χ2v) is 12.2. The average Bonchev–Trinajstić information content (AvgIpc) is 3.46. The van der Waals surface area contributed by atoms with Crippen molar-refractivity contribution >= 4 is 34.9 Å². The summed E-state index contributed by atoms with van der Waals surface area (Å²) in [5.74, 6) is -0.0611. The highest BCUT2D eigenvalue weighted by Crippen LogP contribution is 2.22. The molecule has 9 nitrogen and oxygen atoms in total. The molecular formula is C36H45N5O4S. The number of methoxy groups -OCH3 is 1. The second-order valence-electron chi connectivity index (χ2n) is 11.3. The Morgan fingerprint density at radius 3 is 2.30 bits per heavy atom. The van der Waals surface area contributed by atoms with Crippen LogP contribution in [0.2, 0.25) is 0 Å². The van der Waals surface area contributed by atoms with Gasteiger partial charge >= 0.3 is 6.09 Å². The van der Waals surface area contributed by atoms with Crippen molar-refractivity contribution < 1.29 is 19.1 Å². The van der Waals surface area contributed by atoms with Crippen LogP contribution in [0.1, 0.15) is 74.3 Å². The van der Waals surface area contributed by atoms with Gasteiger partial charge in [-0.2, -0.15) is 0 Å². The van der Waals surface area contributed by atoms with Gasteiger partial charge in [-0.1, -0.05) is 61.9 Å². The molecule has 0 radical (unpaired) electrons. The van der Waals surface area contributed by atoms with Crippen molar-refractivity contribution in [2.75, 3.05) is 32.6 Å². The molecule has 0 fully saturated rings. The second kappa shape index (κ2) is 18.4. The summed E-state index contributed by atoms with van der Waals surface area (Å²) in [5.41, 5.74) is 6.04. The van der Waals surface area contributed by atoms with Crippen LogP contribution in [0.15, 0.2) is 78.2 Å². The lowest BCUT2D eigenvalue weighted by molar-refractivity contribution is 0.0785. The molecule has 1 aromatic heterocycles. The van der Waals surface area contributed by atoms with E-state index in [1.807, 2.05) is 42.6 Å². The van der Waals surface area contributed by atoms with Gasteiger partial charge in [-0.3, -0.25) is 14.9 Å². The molecule has 0 saturated heterocycles. The van der Waals surface area contributed by atoms with E-state index in [9.17, 15) is 14.4 Å². The largest absolute Gasteiger partial charge is 0.453 e. The molecule has 3 N–H and O–H groups in total. The van der Waals surface area contributed by atoms with Gasteiger partial charge in [0.05, 0.1) is 13.7 Å². The molecule has 0 bridgehead atoms. The number of nitrogens with one attached hydrogen (secondary N) is 3. The van der Waals surface area contributed by atoms with Crippen LogP contribution in [-0.4, -0.2) is 55.0 Å². The Morgan fingerprint density at radius 2 is 1.67 bits per heavy atom. The molecule has 4 aromatic rings. The summed E-state index contributed by atoms with van der Waals surface area (Å²) in [4.78, 5) is 43.2. The predicted octanol–water partition coefficient (Wildman–Crippen LogP) is 6.93. The summed E-state index contributed by atoms with van der Waals surface area (Å²) in [5, 5.41) is 11.9. The molecule has 10 heteroatoms. The van der Waals surface area contributed by atoms with Crippen LogP contribution in [0.4, 0.5) is 10.5 Å². The zero-order valence-electron chi connectivity index (χ0n) is 27.6. The van der Waals surface area contributed by atoms with Gasteiger partial charge in [-0.15, -0.1) is 11.3 Å². The van der Waals surface area contributed by atoms with Crippen LogP contribution in [0.3, 0.4) is 0 Å². The number of amides is 3. The van der Waals surface area contributed by atoms with Gasteiger partial charge in [0.1, 0.15) is 5.01 Å². The molecule has 0 atom stereocenters. The van der Waals surface area contributed by atoms with Gasteiger partial charge in [0, 0.05) is 48.0 Å². The Hall–Kier alpha value is -4.54. The molecule has 0 saturated carbocycles. The summed E-state index contributed by atoms with van der Waals surface area (Å²) >= 11 is 1.52. The van der Waals surface area contributed by atoms with Gasteiger partial charge < -0.3 is 20.3 Å². The van der Waals surface area contributed by atoms with E-state index in [4.69, 9.17) is 4.74 Å². The van der Waals surface area contributed by atoms with Crippen molar-refractivity contribution in [2.24, 2.45) is 0 Å². The van der Waals surface area contributed by atoms with Crippen molar-refractivity contribution in [2.45, 2.75) is 53.1 Å². The highest BCUT2D eigenvalue weighted by molar-refractivity contribution is 7.09. The molecular weight excluding hydrogens is 598 g/mol. The van der Waals surface area contributed by atoms with Crippen LogP contribution >= 0.6 is 11.3 Å². The molecule has 0 spiro atoms. The molecule has 0 aliphatic carbocycles. The van der Waals surface area contributed by atoms with Gasteiger partial charge in [0.15, 0.2) is 0 Å². The van der Waals surface area contributed by atoms with Crippen LogP contribution in [-0.2, 0) is 17.8 Å². The van der Waals surface area contributed by atoms with E-state index in [1.54, 1.807) is 36.2 Å². The number of aryl methyl sites for hydroxylation is 2. The maximum atomic E-state index is 12.9.